The van der Waals surface area contributed by atoms with Crippen LogP contribution in [0.1, 0.15) is 43.6 Å². The second-order valence-electron chi connectivity index (χ2n) is 6.35. The average Bonchev–Trinajstić information content (AvgIpc) is 3.01. The minimum Gasteiger partial charge on any atom is -0.461 e. The van der Waals surface area contributed by atoms with E-state index in [-0.39, 0.29) is 12.0 Å². The lowest BCUT2D eigenvalue weighted by Crippen LogP contribution is -2.47. The number of carbonyl (C=O) groups is 1. The van der Waals surface area contributed by atoms with E-state index in [2.05, 4.69) is 23.1 Å². The molecule has 130 valence electrons. The van der Waals surface area contributed by atoms with Crippen LogP contribution in [0, 0.1) is 5.92 Å². The Labute approximate surface area is 147 Å². The Bertz CT molecular complexity index is 622. The Balaban J connectivity index is 1.35. The zero-order valence-corrected chi connectivity index (χ0v) is 14.5. The topological polar surface area (TPSA) is 75.5 Å². The minimum atomic E-state index is -0.297. The smallest absolute Gasteiger partial charge is 0.262 e. The molecular formula is C17H23N3O3S. The minimum absolute atomic E-state index is 0.197. The summed E-state index contributed by atoms with van der Waals surface area (Å²) in [6.45, 7) is 3.66. The zero-order valence-electron chi connectivity index (χ0n) is 13.7. The van der Waals surface area contributed by atoms with Crippen molar-refractivity contribution in [3.8, 4) is 0 Å². The fourth-order valence-electron chi connectivity index (χ4n) is 2.75. The Kier molecular flexibility index (Phi) is 5.52. The van der Waals surface area contributed by atoms with E-state index >= 15 is 0 Å². The molecule has 1 aliphatic heterocycles. The number of furan rings is 1. The highest BCUT2D eigenvalue weighted by molar-refractivity contribution is 7.80. The molecule has 1 saturated carbocycles. The third-order valence-corrected chi connectivity index (χ3v) is 4.58. The highest BCUT2D eigenvalue weighted by Crippen LogP contribution is 2.47. The van der Waals surface area contributed by atoms with Gasteiger partial charge in [0.15, 0.2) is 5.11 Å². The molecule has 1 aromatic heterocycles. The highest BCUT2D eigenvalue weighted by atomic mass is 32.1. The fraction of sp³-hybridized carbons (Fsp3) is 0.529. The number of hydrogen-bond acceptors (Lipinski definition) is 4. The van der Waals surface area contributed by atoms with Crippen LogP contribution in [0.25, 0.3) is 6.08 Å². The van der Waals surface area contributed by atoms with Gasteiger partial charge in [0.05, 0.1) is 6.10 Å². The summed E-state index contributed by atoms with van der Waals surface area (Å²) in [6.07, 6.45) is 6.56. The van der Waals surface area contributed by atoms with Gasteiger partial charge in [-0.2, -0.15) is 0 Å². The maximum atomic E-state index is 11.8. The third kappa shape index (κ3) is 4.82. The maximum Gasteiger partial charge on any atom is 0.262 e. The van der Waals surface area contributed by atoms with Crippen LogP contribution in [0.5, 0.6) is 0 Å². The van der Waals surface area contributed by atoms with Gasteiger partial charge in [0.25, 0.3) is 5.91 Å². The predicted molar refractivity (Wildman–Crippen MR) is 95.1 cm³/mol. The number of amides is 1. The van der Waals surface area contributed by atoms with E-state index in [4.69, 9.17) is 21.4 Å². The number of thiocarbonyl (C=S) groups is 1. The summed E-state index contributed by atoms with van der Waals surface area (Å²) in [5.41, 5.74) is 5.18. The summed E-state index contributed by atoms with van der Waals surface area (Å²) in [7, 11) is 0. The Morgan fingerprint density at radius 3 is 2.96 bits per heavy atom. The molecule has 1 amide bonds. The van der Waals surface area contributed by atoms with E-state index in [0.717, 1.165) is 25.2 Å². The van der Waals surface area contributed by atoms with Gasteiger partial charge in [0, 0.05) is 25.1 Å². The molecule has 7 heteroatoms. The van der Waals surface area contributed by atoms with Crippen molar-refractivity contribution >= 4 is 29.3 Å². The van der Waals surface area contributed by atoms with Gasteiger partial charge in [0.2, 0.25) is 0 Å². The van der Waals surface area contributed by atoms with Crippen LogP contribution < -0.4 is 16.2 Å². The first-order valence-electron chi connectivity index (χ1n) is 8.35. The highest BCUT2D eigenvalue weighted by Gasteiger charge is 2.36. The summed E-state index contributed by atoms with van der Waals surface area (Å²) in [5, 5.41) is 3.39. The van der Waals surface area contributed by atoms with Gasteiger partial charge < -0.3 is 14.5 Å². The number of hydrogen-bond donors (Lipinski definition) is 3. The van der Waals surface area contributed by atoms with Crippen LogP contribution in [-0.4, -0.2) is 30.3 Å². The monoisotopic (exact) mass is 349 g/mol. The van der Waals surface area contributed by atoms with Gasteiger partial charge in [-0.15, -0.1) is 0 Å². The number of ether oxygens (including phenoxy) is 1. The third-order valence-electron chi connectivity index (χ3n) is 4.33. The summed E-state index contributed by atoms with van der Waals surface area (Å²) < 4.78 is 11.2. The molecule has 2 heterocycles. The molecule has 3 atom stereocenters. The van der Waals surface area contributed by atoms with Crippen molar-refractivity contribution in [1.82, 2.24) is 16.2 Å². The molecular weight excluding hydrogens is 326 g/mol. The molecule has 3 N–H and O–H groups in total. The van der Waals surface area contributed by atoms with Crippen molar-refractivity contribution in [3.63, 3.8) is 0 Å². The number of carbonyl (C=O) groups excluding carboxylic acids is 1. The normalized spacial score (nSPS) is 25.6. The molecule has 1 aliphatic carbocycles. The van der Waals surface area contributed by atoms with Crippen molar-refractivity contribution in [2.75, 3.05) is 13.2 Å². The average molecular weight is 349 g/mol. The Hall–Kier alpha value is -1.86. The zero-order chi connectivity index (χ0) is 16.9. The molecule has 1 aromatic rings. The van der Waals surface area contributed by atoms with Gasteiger partial charge in [-0.1, -0.05) is 6.92 Å². The second kappa shape index (κ2) is 7.81. The van der Waals surface area contributed by atoms with Gasteiger partial charge in [-0.05, 0) is 55.6 Å². The summed E-state index contributed by atoms with van der Waals surface area (Å²) >= 11 is 5.10. The molecule has 3 unspecified atom stereocenters. The van der Waals surface area contributed by atoms with Crippen molar-refractivity contribution in [3.05, 3.63) is 29.7 Å². The van der Waals surface area contributed by atoms with E-state index in [1.165, 1.54) is 12.5 Å². The lowest BCUT2D eigenvalue weighted by Gasteiger charge is -2.13. The molecule has 0 aromatic carbocycles. The molecule has 0 radical (unpaired) electrons. The van der Waals surface area contributed by atoms with Crippen LogP contribution in [0.4, 0.5) is 0 Å². The first-order valence-corrected chi connectivity index (χ1v) is 8.76. The number of nitrogens with one attached hydrogen (secondary N) is 3. The van der Waals surface area contributed by atoms with Crippen molar-refractivity contribution in [2.45, 2.75) is 38.2 Å². The fourth-order valence-corrected chi connectivity index (χ4v) is 2.88. The van der Waals surface area contributed by atoms with Gasteiger partial charge in [-0.25, -0.2) is 0 Å². The quantitative estimate of drug-likeness (QED) is 0.429. The first kappa shape index (κ1) is 17.0. The van der Waals surface area contributed by atoms with E-state index in [9.17, 15) is 4.79 Å². The number of rotatable bonds is 5. The molecule has 1 saturated heterocycles. The largest absolute Gasteiger partial charge is 0.461 e. The molecule has 2 aliphatic rings. The van der Waals surface area contributed by atoms with Gasteiger partial charge >= 0.3 is 0 Å². The SMILES string of the molecule is CC1CC1c1ccc(C=CC(=O)NNC(=S)NCC2CCCO2)o1. The first-order chi connectivity index (χ1) is 11.6. The van der Waals surface area contributed by atoms with E-state index < -0.39 is 0 Å². The summed E-state index contributed by atoms with van der Waals surface area (Å²) in [6, 6.07) is 3.86. The van der Waals surface area contributed by atoms with Crippen LogP contribution in [-0.2, 0) is 9.53 Å². The van der Waals surface area contributed by atoms with Crippen LogP contribution in [0.2, 0.25) is 0 Å². The molecule has 0 bridgehead atoms. The predicted octanol–water partition coefficient (Wildman–Crippen LogP) is 2.09. The molecule has 0 spiro atoms. The van der Waals surface area contributed by atoms with Crippen molar-refractivity contribution in [1.29, 1.82) is 0 Å². The molecule has 6 nitrogen and oxygen atoms in total. The van der Waals surface area contributed by atoms with Crippen LogP contribution >= 0.6 is 12.2 Å². The molecule has 24 heavy (non-hydrogen) atoms. The van der Waals surface area contributed by atoms with Gasteiger partial charge in [0.1, 0.15) is 11.5 Å². The summed E-state index contributed by atoms with van der Waals surface area (Å²) in [5.74, 6) is 2.62. The Morgan fingerprint density at radius 1 is 1.42 bits per heavy atom. The Morgan fingerprint density at radius 2 is 2.25 bits per heavy atom. The number of hydrazine groups is 1. The molecule has 3 rings (SSSR count). The van der Waals surface area contributed by atoms with E-state index in [1.54, 1.807) is 6.08 Å². The van der Waals surface area contributed by atoms with E-state index in [1.807, 2.05) is 12.1 Å². The van der Waals surface area contributed by atoms with Crippen LogP contribution in [0.3, 0.4) is 0 Å². The van der Waals surface area contributed by atoms with Crippen molar-refractivity contribution < 1.29 is 13.9 Å². The second-order valence-corrected chi connectivity index (χ2v) is 6.76. The lowest BCUT2D eigenvalue weighted by molar-refractivity contribution is -0.116. The van der Waals surface area contributed by atoms with Crippen LogP contribution in [0.15, 0.2) is 22.6 Å². The van der Waals surface area contributed by atoms with E-state index in [0.29, 0.717) is 29.3 Å². The molecule has 2 fully saturated rings. The maximum absolute atomic E-state index is 11.8. The standard InChI is InChI=1S/C17H23N3O3S/c1-11-9-14(11)15-6-4-12(23-15)5-7-16(21)19-20-17(24)18-10-13-3-2-8-22-13/h4-7,11,13-14H,2-3,8-10H2,1H3,(H,19,21)(H2,18,20,24). The van der Waals surface area contributed by atoms with Gasteiger partial charge in [-0.3, -0.25) is 15.6 Å². The summed E-state index contributed by atoms with van der Waals surface area (Å²) in [4.78, 5) is 11.8. The lowest BCUT2D eigenvalue weighted by atomic mass is 10.2. The van der Waals surface area contributed by atoms with Crippen molar-refractivity contribution in [2.24, 2.45) is 5.92 Å².